The number of aromatic nitrogens is 2. The molecule has 0 fully saturated rings. The Balaban J connectivity index is 2.82. The predicted molar refractivity (Wildman–Crippen MR) is 75.3 cm³/mol. The highest BCUT2D eigenvalue weighted by molar-refractivity contribution is 7.99. The van der Waals surface area contributed by atoms with Gasteiger partial charge in [0.25, 0.3) is 0 Å². The first-order valence-corrected chi connectivity index (χ1v) is 7.08. The van der Waals surface area contributed by atoms with Gasteiger partial charge in [-0.25, -0.2) is 15.8 Å². The van der Waals surface area contributed by atoms with Gasteiger partial charge in [-0.3, -0.25) is 0 Å². The van der Waals surface area contributed by atoms with Crippen LogP contribution in [0.25, 0.3) is 0 Å². The summed E-state index contributed by atoms with van der Waals surface area (Å²) in [5.41, 5.74) is 3.69. The van der Waals surface area contributed by atoms with E-state index >= 15 is 0 Å². The van der Waals surface area contributed by atoms with E-state index in [9.17, 15) is 0 Å². The van der Waals surface area contributed by atoms with Crippen LogP contribution < -0.4 is 16.6 Å². The van der Waals surface area contributed by atoms with E-state index in [2.05, 4.69) is 40.8 Å². The van der Waals surface area contributed by atoms with Crippen LogP contribution in [-0.2, 0) is 6.42 Å². The standard InChI is InChI=1S/C11H21N5S/c1-4-5-9-10(13-6-8(2)17-3)14-7-15-11(9)16-12/h7-8H,4-6,12H2,1-3H3,(H2,13,14,15,16). The minimum atomic E-state index is 0.550. The fraction of sp³-hybridized carbons (Fsp3) is 0.636. The fourth-order valence-electron chi connectivity index (χ4n) is 1.50. The first kappa shape index (κ1) is 14.1. The van der Waals surface area contributed by atoms with Gasteiger partial charge in [0.2, 0.25) is 0 Å². The van der Waals surface area contributed by atoms with Crippen molar-refractivity contribution in [3.63, 3.8) is 0 Å². The van der Waals surface area contributed by atoms with Crippen molar-refractivity contribution in [2.45, 2.75) is 31.9 Å². The maximum Gasteiger partial charge on any atom is 0.148 e. The molecule has 0 saturated heterocycles. The molecule has 0 amide bonds. The molecule has 5 nitrogen and oxygen atoms in total. The first-order valence-electron chi connectivity index (χ1n) is 5.80. The van der Waals surface area contributed by atoms with Crippen LogP contribution in [0.1, 0.15) is 25.8 Å². The molecule has 4 N–H and O–H groups in total. The average Bonchev–Trinajstić information content (AvgIpc) is 2.37. The second kappa shape index (κ2) is 7.34. The van der Waals surface area contributed by atoms with E-state index in [0.717, 1.165) is 30.8 Å². The smallest absolute Gasteiger partial charge is 0.148 e. The van der Waals surface area contributed by atoms with E-state index in [4.69, 9.17) is 5.84 Å². The Bertz CT molecular complexity index is 345. The predicted octanol–water partition coefficient (Wildman–Crippen LogP) is 1.88. The van der Waals surface area contributed by atoms with Crippen LogP contribution in [0.5, 0.6) is 0 Å². The van der Waals surface area contributed by atoms with Gasteiger partial charge in [-0.1, -0.05) is 20.3 Å². The molecule has 1 heterocycles. The first-order chi connectivity index (χ1) is 8.22. The summed E-state index contributed by atoms with van der Waals surface area (Å²) in [7, 11) is 0. The number of hydrazine groups is 1. The molecule has 6 heteroatoms. The summed E-state index contributed by atoms with van der Waals surface area (Å²) in [6.07, 6.45) is 5.58. The SMILES string of the molecule is CCCc1c(NN)ncnc1NCC(C)SC. The Morgan fingerprint density at radius 1 is 1.41 bits per heavy atom. The Labute approximate surface area is 107 Å². The number of thioether (sulfide) groups is 1. The lowest BCUT2D eigenvalue weighted by Crippen LogP contribution is -2.17. The van der Waals surface area contributed by atoms with E-state index < -0.39 is 0 Å². The van der Waals surface area contributed by atoms with Crippen molar-refractivity contribution >= 4 is 23.4 Å². The summed E-state index contributed by atoms with van der Waals surface area (Å²) in [6, 6.07) is 0. The van der Waals surface area contributed by atoms with Gasteiger partial charge in [0.15, 0.2) is 0 Å². The Kier molecular flexibility index (Phi) is 6.07. The number of rotatable bonds is 7. The maximum absolute atomic E-state index is 5.46. The van der Waals surface area contributed by atoms with Gasteiger partial charge >= 0.3 is 0 Å². The molecular formula is C11H21N5S. The molecule has 0 radical (unpaired) electrons. The lowest BCUT2D eigenvalue weighted by atomic mass is 10.1. The summed E-state index contributed by atoms with van der Waals surface area (Å²) in [4.78, 5) is 8.42. The summed E-state index contributed by atoms with van der Waals surface area (Å²) < 4.78 is 0. The van der Waals surface area contributed by atoms with E-state index in [1.807, 2.05) is 11.8 Å². The molecule has 0 aliphatic carbocycles. The maximum atomic E-state index is 5.46. The second-order valence-corrected chi connectivity index (χ2v) is 5.15. The van der Waals surface area contributed by atoms with Crippen LogP contribution >= 0.6 is 11.8 Å². The Morgan fingerprint density at radius 3 is 2.71 bits per heavy atom. The fourth-order valence-corrected chi connectivity index (χ4v) is 1.75. The van der Waals surface area contributed by atoms with Crippen LogP contribution in [0.3, 0.4) is 0 Å². The zero-order valence-corrected chi connectivity index (χ0v) is 11.5. The largest absolute Gasteiger partial charge is 0.369 e. The molecule has 0 spiro atoms. The van der Waals surface area contributed by atoms with E-state index in [-0.39, 0.29) is 0 Å². The molecule has 17 heavy (non-hydrogen) atoms. The molecular weight excluding hydrogens is 234 g/mol. The monoisotopic (exact) mass is 255 g/mol. The zero-order chi connectivity index (χ0) is 12.7. The molecule has 0 aromatic carbocycles. The molecule has 1 unspecified atom stereocenters. The Morgan fingerprint density at radius 2 is 2.12 bits per heavy atom. The normalized spacial score (nSPS) is 12.2. The van der Waals surface area contributed by atoms with Crippen molar-refractivity contribution in [2.24, 2.45) is 5.84 Å². The van der Waals surface area contributed by atoms with Gasteiger partial charge in [-0.05, 0) is 12.7 Å². The summed E-state index contributed by atoms with van der Waals surface area (Å²) in [5.74, 6) is 7.05. The third-order valence-electron chi connectivity index (χ3n) is 2.54. The summed E-state index contributed by atoms with van der Waals surface area (Å²) >= 11 is 1.83. The third-order valence-corrected chi connectivity index (χ3v) is 3.51. The van der Waals surface area contributed by atoms with Crippen molar-refractivity contribution in [1.29, 1.82) is 0 Å². The van der Waals surface area contributed by atoms with Crippen molar-refractivity contribution < 1.29 is 0 Å². The highest BCUT2D eigenvalue weighted by Crippen LogP contribution is 2.21. The lowest BCUT2D eigenvalue weighted by molar-refractivity contribution is 0.892. The summed E-state index contributed by atoms with van der Waals surface area (Å²) in [6.45, 7) is 5.20. The quantitative estimate of drug-likeness (QED) is 0.510. The number of nitrogens with zero attached hydrogens (tertiary/aromatic N) is 2. The van der Waals surface area contributed by atoms with Gasteiger partial charge in [-0.2, -0.15) is 11.8 Å². The van der Waals surface area contributed by atoms with E-state index in [1.54, 1.807) is 0 Å². The molecule has 0 aliphatic rings. The van der Waals surface area contributed by atoms with Crippen molar-refractivity contribution in [1.82, 2.24) is 9.97 Å². The number of hydrogen-bond donors (Lipinski definition) is 3. The number of nitrogen functional groups attached to an aromatic ring is 1. The minimum absolute atomic E-state index is 0.550. The molecule has 1 atom stereocenters. The summed E-state index contributed by atoms with van der Waals surface area (Å²) in [5, 5.41) is 3.91. The number of nitrogens with one attached hydrogen (secondary N) is 2. The van der Waals surface area contributed by atoms with E-state index in [0.29, 0.717) is 11.1 Å². The molecule has 0 bridgehead atoms. The van der Waals surface area contributed by atoms with Gasteiger partial charge in [-0.15, -0.1) is 0 Å². The highest BCUT2D eigenvalue weighted by atomic mass is 32.2. The highest BCUT2D eigenvalue weighted by Gasteiger charge is 2.10. The Hall–Kier alpha value is -1.01. The molecule has 1 rings (SSSR count). The average molecular weight is 255 g/mol. The zero-order valence-electron chi connectivity index (χ0n) is 10.7. The minimum Gasteiger partial charge on any atom is -0.369 e. The molecule has 1 aromatic heterocycles. The van der Waals surface area contributed by atoms with Gasteiger partial charge in [0, 0.05) is 17.4 Å². The molecule has 1 aromatic rings. The molecule has 0 saturated carbocycles. The molecule has 96 valence electrons. The van der Waals surface area contributed by atoms with Crippen LogP contribution in [0, 0.1) is 0 Å². The van der Waals surface area contributed by atoms with Gasteiger partial charge in [0.1, 0.15) is 18.0 Å². The second-order valence-electron chi connectivity index (χ2n) is 3.87. The van der Waals surface area contributed by atoms with Crippen LogP contribution in [0.4, 0.5) is 11.6 Å². The van der Waals surface area contributed by atoms with Crippen LogP contribution in [0.2, 0.25) is 0 Å². The number of anilines is 2. The van der Waals surface area contributed by atoms with Gasteiger partial charge < -0.3 is 10.7 Å². The van der Waals surface area contributed by atoms with Crippen molar-refractivity contribution in [3.05, 3.63) is 11.9 Å². The lowest BCUT2D eigenvalue weighted by Gasteiger charge is -2.15. The topological polar surface area (TPSA) is 75.9 Å². The van der Waals surface area contributed by atoms with E-state index in [1.165, 1.54) is 6.33 Å². The molecule has 0 aliphatic heterocycles. The van der Waals surface area contributed by atoms with Crippen molar-refractivity contribution in [2.75, 3.05) is 23.5 Å². The number of hydrogen-bond acceptors (Lipinski definition) is 6. The van der Waals surface area contributed by atoms with Crippen molar-refractivity contribution in [3.8, 4) is 0 Å². The number of nitrogens with two attached hydrogens (primary N) is 1. The van der Waals surface area contributed by atoms with Gasteiger partial charge in [0.05, 0.1) is 0 Å². The van der Waals surface area contributed by atoms with Crippen LogP contribution in [0.15, 0.2) is 6.33 Å². The van der Waals surface area contributed by atoms with Crippen LogP contribution in [-0.4, -0.2) is 28.0 Å². The third kappa shape index (κ3) is 4.05.